The summed E-state index contributed by atoms with van der Waals surface area (Å²) in [5.74, 6) is 0. The second-order valence-corrected chi connectivity index (χ2v) is 5.72. The van der Waals surface area contributed by atoms with Crippen LogP contribution < -0.4 is 5.32 Å². The number of nitrogens with one attached hydrogen (secondary N) is 1. The van der Waals surface area contributed by atoms with E-state index in [1.54, 1.807) is 6.20 Å². The zero-order valence-corrected chi connectivity index (χ0v) is 12.2. The van der Waals surface area contributed by atoms with Crippen LogP contribution in [-0.2, 0) is 6.54 Å². The van der Waals surface area contributed by atoms with Crippen LogP contribution in [0.2, 0.25) is 0 Å². The van der Waals surface area contributed by atoms with Crippen molar-refractivity contribution in [1.82, 2.24) is 19.8 Å². The van der Waals surface area contributed by atoms with Crippen molar-refractivity contribution in [3.63, 3.8) is 0 Å². The molecule has 0 aliphatic carbocycles. The third-order valence-corrected chi connectivity index (χ3v) is 4.02. The topological polar surface area (TPSA) is 33.1 Å². The van der Waals surface area contributed by atoms with Crippen LogP contribution in [0.4, 0.5) is 0 Å². The van der Waals surface area contributed by atoms with Gasteiger partial charge in [0.05, 0.1) is 6.33 Å². The molecule has 1 aromatic carbocycles. The first kappa shape index (κ1) is 13.3. The summed E-state index contributed by atoms with van der Waals surface area (Å²) >= 11 is 0. The summed E-state index contributed by atoms with van der Waals surface area (Å²) in [6, 6.07) is 9.93. The van der Waals surface area contributed by atoms with Gasteiger partial charge < -0.3 is 9.88 Å². The van der Waals surface area contributed by atoms with Crippen LogP contribution in [-0.4, -0.2) is 39.6 Å². The van der Waals surface area contributed by atoms with Gasteiger partial charge in [0, 0.05) is 49.8 Å². The molecule has 1 fully saturated rings. The van der Waals surface area contributed by atoms with Crippen LogP contribution in [0.5, 0.6) is 0 Å². The second kappa shape index (κ2) is 5.77. The largest absolute Gasteiger partial charge is 0.311 e. The molecule has 0 spiro atoms. The molecule has 20 heavy (non-hydrogen) atoms. The van der Waals surface area contributed by atoms with Crippen molar-refractivity contribution < 1.29 is 0 Å². The average Bonchev–Trinajstić information content (AvgIpc) is 2.98. The maximum Gasteiger partial charge on any atom is 0.0991 e. The number of benzene rings is 1. The SMILES string of the molecule is CC1CN(Cc2ccc(-n3ccnc3)cc2)C(C)CN1. The van der Waals surface area contributed by atoms with Crippen molar-refractivity contribution in [3.05, 3.63) is 48.5 Å². The Kier molecular flexibility index (Phi) is 3.85. The number of aromatic nitrogens is 2. The van der Waals surface area contributed by atoms with Crippen LogP contribution >= 0.6 is 0 Å². The third-order valence-electron chi connectivity index (χ3n) is 4.02. The average molecular weight is 270 g/mol. The molecule has 1 N–H and O–H groups in total. The lowest BCUT2D eigenvalue weighted by atomic mass is 10.1. The predicted octanol–water partition coefficient (Wildman–Crippen LogP) is 2.05. The Morgan fingerprint density at radius 1 is 1.25 bits per heavy atom. The Bertz CT molecular complexity index is 532. The normalized spacial score (nSPS) is 23.9. The summed E-state index contributed by atoms with van der Waals surface area (Å²) in [4.78, 5) is 6.63. The highest BCUT2D eigenvalue weighted by Crippen LogP contribution is 2.14. The molecule has 4 heteroatoms. The van der Waals surface area contributed by atoms with Crippen molar-refractivity contribution in [2.45, 2.75) is 32.5 Å². The lowest BCUT2D eigenvalue weighted by molar-refractivity contribution is 0.139. The lowest BCUT2D eigenvalue weighted by Gasteiger charge is -2.37. The predicted molar refractivity (Wildman–Crippen MR) is 80.9 cm³/mol. The van der Waals surface area contributed by atoms with E-state index in [1.165, 1.54) is 5.56 Å². The van der Waals surface area contributed by atoms with Crippen molar-refractivity contribution in [3.8, 4) is 5.69 Å². The van der Waals surface area contributed by atoms with Crippen molar-refractivity contribution in [2.24, 2.45) is 0 Å². The number of piperazine rings is 1. The molecule has 2 heterocycles. The maximum absolute atomic E-state index is 4.08. The molecule has 1 aliphatic rings. The van der Waals surface area contributed by atoms with Gasteiger partial charge in [-0.25, -0.2) is 4.98 Å². The number of hydrogen-bond acceptors (Lipinski definition) is 3. The van der Waals surface area contributed by atoms with Gasteiger partial charge in [0.1, 0.15) is 0 Å². The minimum Gasteiger partial charge on any atom is -0.311 e. The highest BCUT2D eigenvalue weighted by Gasteiger charge is 2.21. The highest BCUT2D eigenvalue weighted by molar-refractivity contribution is 5.34. The minimum atomic E-state index is 0.580. The molecule has 2 unspecified atom stereocenters. The van der Waals surface area contributed by atoms with E-state index in [0.717, 1.165) is 25.3 Å². The molecule has 106 valence electrons. The second-order valence-electron chi connectivity index (χ2n) is 5.72. The van der Waals surface area contributed by atoms with E-state index < -0.39 is 0 Å². The van der Waals surface area contributed by atoms with Crippen LogP contribution in [0.15, 0.2) is 43.0 Å². The monoisotopic (exact) mass is 270 g/mol. The molecule has 0 bridgehead atoms. The Balaban J connectivity index is 1.69. The molecule has 1 aromatic heterocycles. The zero-order chi connectivity index (χ0) is 13.9. The third kappa shape index (κ3) is 2.92. The van der Waals surface area contributed by atoms with Gasteiger partial charge in [-0.3, -0.25) is 4.90 Å². The smallest absolute Gasteiger partial charge is 0.0991 e. The Hall–Kier alpha value is -1.65. The van der Waals surface area contributed by atoms with Crippen LogP contribution in [0, 0.1) is 0 Å². The molecular formula is C16H22N4. The van der Waals surface area contributed by atoms with Gasteiger partial charge in [-0.15, -0.1) is 0 Å². The van der Waals surface area contributed by atoms with E-state index in [2.05, 4.69) is 53.3 Å². The summed E-state index contributed by atoms with van der Waals surface area (Å²) in [5, 5.41) is 3.52. The standard InChI is InChI=1S/C16H22N4/c1-13-10-20(14(2)9-18-13)11-15-3-5-16(6-4-15)19-8-7-17-12-19/h3-8,12-14,18H,9-11H2,1-2H3. The van der Waals surface area contributed by atoms with E-state index in [9.17, 15) is 0 Å². The van der Waals surface area contributed by atoms with E-state index >= 15 is 0 Å². The van der Waals surface area contributed by atoms with Gasteiger partial charge in [0.25, 0.3) is 0 Å². The van der Waals surface area contributed by atoms with E-state index in [4.69, 9.17) is 0 Å². The Morgan fingerprint density at radius 2 is 2.05 bits per heavy atom. The maximum atomic E-state index is 4.08. The molecule has 0 amide bonds. The fourth-order valence-electron chi connectivity index (χ4n) is 2.74. The summed E-state index contributed by atoms with van der Waals surface area (Å²) in [7, 11) is 0. The summed E-state index contributed by atoms with van der Waals surface area (Å²) in [6.07, 6.45) is 5.60. The fourth-order valence-corrected chi connectivity index (χ4v) is 2.74. The molecule has 4 nitrogen and oxygen atoms in total. The molecule has 0 saturated carbocycles. The molecular weight excluding hydrogens is 248 g/mol. The van der Waals surface area contributed by atoms with Gasteiger partial charge >= 0.3 is 0 Å². The number of rotatable bonds is 3. The molecule has 2 atom stereocenters. The molecule has 1 saturated heterocycles. The van der Waals surface area contributed by atoms with Gasteiger partial charge in [0.2, 0.25) is 0 Å². The highest BCUT2D eigenvalue weighted by atomic mass is 15.2. The van der Waals surface area contributed by atoms with E-state index in [0.29, 0.717) is 12.1 Å². The molecule has 1 aliphatic heterocycles. The number of imidazole rings is 1. The number of hydrogen-bond donors (Lipinski definition) is 1. The van der Waals surface area contributed by atoms with Gasteiger partial charge in [-0.1, -0.05) is 12.1 Å². The number of nitrogens with zero attached hydrogens (tertiary/aromatic N) is 3. The molecule has 2 aromatic rings. The summed E-state index contributed by atoms with van der Waals surface area (Å²) in [5.41, 5.74) is 2.53. The quantitative estimate of drug-likeness (QED) is 0.926. The first-order valence-electron chi connectivity index (χ1n) is 7.27. The summed E-state index contributed by atoms with van der Waals surface area (Å²) < 4.78 is 2.03. The van der Waals surface area contributed by atoms with Crippen molar-refractivity contribution >= 4 is 0 Å². The molecule has 3 rings (SSSR count). The zero-order valence-electron chi connectivity index (χ0n) is 12.2. The van der Waals surface area contributed by atoms with E-state index in [-0.39, 0.29) is 0 Å². The van der Waals surface area contributed by atoms with Crippen LogP contribution in [0.25, 0.3) is 5.69 Å². The van der Waals surface area contributed by atoms with Crippen molar-refractivity contribution in [2.75, 3.05) is 13.1 Å². The first-order chi connectivity index (χ1) is 9.72. The fraction of sp³-hybridized carbons (Fsp3) is 0.438. The van der Waals surface area contributed by atoms with Crippen molar-refractivity contribution in [1.29, 1.82) is 0 Å². The van der Waals surface area contributed by atoms with Crippen LogP contribution in [0.1, 0.15) is 19.4 Å². The molecule has 0 radical (unpaired) electrons. The van der Waals surface area contributed by atoms with Gasteiger partial charge in [-0.05, 0) is 31.5 Å². The van der Waals surface area contributed by atoms with Gasteiger partial charge in [0.15, 0.2) is 0 Å². The minimum absolute atomic E-state index is 0.580. The van der Waals surface area contributed by atoms with Gasteiger partial charge in [-0.2, -0.15) is 0 Å². The Labute approximate surface area is 120 Å². The lowest BCUT2D eigenvalue weighted by Crippen LogP contribution is -2.53. The van der Waals surface area contributed by atoms with E-state index in [1.807, 2.05) is 17.1 Å². The van der Waals surface area contributed by atoms with Crippen LogP contribution in [0.3, 0.4) is 0 Å². The first-order valence-corrected chi connectivity index (χ1v) is 7.27. The summed E-state index contributed by atoms with van der Waals surface area (Å²) in [6.45, 7) is 7.76. The Morgan fingerprint density at radius 3 is 2.75 bits per heavy atom.